The highest BCUT2D eigenvalue weighted by atomic mass is 35.5. The first-order chi connectivity index (χ1) is 14.2. The molecule has 0 unspecified atom stereocenters. The summed E-state index contributed by atoms with van der Waals surface area (Å²) in [7, 11) is 0. The maximum Gasteiger partial charge on any atom is 0.314 e. The molecular weight excluding hydrogens is 402 g/mol. The molecule has 1 aliphatic rings. The van der Waals surface area contributed by atoms with Crippen molar-refractivity contribution in [2.75, 3.05) is 0 Å². The van der Waals surface area contributed by atoms with E-state index in [1.54, 1.807) is 54.8 Å². The van der Waals surface area contributed by atoms with E-state index in [2.05, 4.69) is 0 Å². The molecule has 4 rings (SSSR count). The van der Waals surface area contributed by atoms with Gasteiger partial charge in [-0.25, -0.2) is 0 Å². The van der Waals surface area contributed by atoms with Crippen LogP contribution in [-0.4, -0.2) is 26.7 Å². The minimum Gasteiger partial charge on any atom is -0.508 e. The summed E-state index contributed by atoms with van der Waals surface area (Å²) in [4.78, 5) is 26.1. The Hall–Kier alpha value is -2.79. The molecule has 0 spiro atoms. The Morgan fingerprint density at radius 1 is 1.13 bits per heavy atom. The maximum atomic E-state index is 13.4. The molecule has 3 aromatic rings. The van der Waals surface area contributed by atoms with Crippen molar-refractivity contribution >= 4 is 34.4 Å². The summed E-state index contributed by atoms with van der Waals surface area (Å²) in [5.41, 5.74) is 1.02. The Kier molecular flexibility index (Phi) is 5.10. The molecule has 0 aliphatic heterocycles. The number of fused-ring (bicyclic) bond motifs is 1. The van der Waals surface area contributed by atoms with E-state index in [-0.39, 0.29) is 17.6 Å². The fourth-order valence-corrected chi connectivity index (χ4v) is 5.25. The number of hydrogen-bond acceptors (Lipinski definition) is 3. The zero-order valence-electron chi connectivity index (χ0n) is 17.0. The molecule has 1 heterocycles. The molecule has 0 bridgehead atoms. The SMILES string of the molecule is Cc1c([C@](C)(C(=O)O)C2CCCC2)c2cc(O)ccc2n1C(=O)c1cccc(Cl)c1. The van der Waals surface area contributed by atoms with Gasteiger partial charge in [-0.15, -0.1) is 0 Å². The number of rotatable bonds is 4. The first kappa shape index (κ1) is 20.5. The minimum absolute atomic E-state index is 0.0311. The van der Waals surface area contributed by atoms with Gasteiger partial charge in [0.15, 0.2) is 0 Å². The van der Waals surface area contributed by atoms with Gasteiger partial charge in [-0.05, 0) is 74.6 Å². The molecule has 156 valence electrons. The van der Waals surface area contributed by atoms with E-state index in [1.807, 2.05) is 0 Å². The summed E-state index contributed by atoms with van der Waals surface area (Å²) in [6, 6.07) is 11.4. The van der Waals surface area contributed by atoms with Crippen molar-refractivity contribution in [1.29, 1.82) is 0 Å². The molecule has 0 radical (unpaired) electrons. The fraction of sp³-hybridized carbons (Fsp3) is 0.333. The molecule has 1 aromatic heterocycles. The van der Waals surface area contributed by atoms with Gasteiger partial charge in [0, 0.05) is 21.7 Å². The average Bonchev–Trinajstić information content (AvgIpc) is 3.33. The lowest BCUT2D eigenvalue weighted by atomic mass is 9.70. The van der Waals surface area contributed by atoms with Crippen LogP contribution in [0.1, 0.15) is 54.2 Å². The summed E-state index contributed by atoms with van der Waals surface area (Å²) in [6.45, 7) is 3.54. The minimum atomic E-state index is -1.16. The number of benzene rings is 2. The van der Waals surface area contributed by atoms with Crippen molar-refractivity contribution in [2.45, 2.75) is 44.9 Å². The van der Waals surface area contributed by atoms with E-state index in [9.17, 15) is 19.8 Å². The molecule has 0 amide bonds. The van der Waals surface area contributed by atoms with Crippen molar-refractivity contribution in [2.24, 2.45) is 5.92 Å². The van der Waals surface area contributed by atoms with Crippen LogP contribution in [0.2, 0.25) is 5.02 Å². The van der Waals surface area contributed by atoms with E-state index in [4.69, 9.17) is 11.6 Å². The number of carboxylic acids is 1. The Morgan fingerprint density at radius 3 is 2.47 bits per heavy atom. The second-order valence-electron chi connectivity index (χ2n) is 8.30. The van der Waals surface area contributed by atoms with Crippen molar-refractivity contribution < 1.29 is 19.8 Å². The highest BCUT2D eigenvalue weighted by Crippen LogP contribution is 2.47. The number of carbonyl (C=O) groups is 2. The summed E-state index contributed by atoms with van der Waals surface area (Å²) in [6.07, 6.45) is 3.65. The van der Waals surface area contributed by atoms with Gasteiger partial charge < -0.3 is 10.2 Å². The van der Waals surface area contributed by atoms with Gasteiger partial charge in [0.05, 0.1) is 10.9 Å². The van der Waals surface area contributed by atoms with E-state index in [0.29, 0.717) is 32.7 Å². The second kappa shape index (κ2) is 7.47. The van der Waals surface area contributed by atoms with Crippen LogP contribution in [0.3, 0.4) is 0 Å². The third-order valence-corrected chi connectivity index (χ3v) is 6.83. The van der Waals surface area contributed by atoms with Crippen molar-refractivity contribution in [1.82, 2.24) is 4.57 Å². The predicted octanol–water partition coefficient (Wildman–Crippen LogP) is 5.53. The van der Waals surface area contributed by atoms with E-state index in [0.717, 1.165) is 25.7 Å². The summed E-state index contributed by atoms with van der Waals surface area (Å²) >= 11 is 6.09. The Morgan fingerprint density at radius 2 is 1.83 bits per heavy atom. The van der Waals surface area contributed by atoms with Gasteiger partial charge in [-0.2, -0.15) is 0 Å². The molecule has 2 N–H and O–H groups in total. The largest absolute Gasteiger partial charge is 0.508 e. The first-order valence-electron chi connectivity index (χ1n) is 10.1. The normalized spacial score (nSPS) is 16.6. The van der Waals surface area contributed by atoms with Crippen molar-refractivity contribution in [3.05, 3.63) is 64.3 Å². The van der Waals surface area contributed by atoms with Crippen LogP contribution in [0.5, 0.6) is 5.75 Å². The summed E-state index contributed by atoms with van der Waals surface area (Å²) < 4.78 is 1.55. The number of phenolic OH excluding ortho intramolecular Hbond substituents is 1. The standard InChI is InChI=1S/C24H24ClNO4/c1-14-21(24(2,23(29)30)16-7-3-4-8-16)19-13-18(27)10-11-20(19)26(14)22(28)15-6-5-9-17(25)12-15/h5-6,9-13,16,27H,3-4,7-8H2,1-2H3,(H,29,30)/t24-/m1/s1. The molecule has 30 heavy (non-hydrogen) atoms. The molecule has 5 nitrogen and oxygen atoms in total. The second-order valence-corrected chi connectivity index (χ2v) is 8.74. The highest BCUT2D eigenvalue weighted by Gasteiger charge is 2.47. The molecule has 2 aromatic carbocycles. The third kappa shape index (κ3) is 3.08. The number of phenols is 1. The van der Waals surface area contributed by atoms with Gasteiger partial charge in [0.1, 0.15) is 5.75 Å². The molecule has 1 saturated carbocycles. The Bertz CT molecular complexity index is 1160. The Balaban J connectivity index is 2.02. The van der Waals surface area contributed by atoms with E-state index < -0.39 is 11.4 Å². The topological polar surface area (TPSA) is 79.5 Å². The molecule has 1 atom stereocenters. The van der Waals surface area contributed by atoms with Gasteiger partial charge in [0.2, 0.25) is 0 Å². The van der Waals surface area contributed by atoms with Gasteiger partial charge >= 0.3 is 5.97 Å². The van der Waals surface area contributed by atoms with Gasteiger partial charge in [-0.1, -0.05) is 30.5 Å². The highest BCUT2D eigenvalue weighted by molar-refractivity contribution is 6.31. The van der Waals surface area contributed by atoms with E-state index >= 15 is 0 Å². The van der Waals surface area contributed by atoms with E-state index in [1.165, 1.54) is 6.07 Å². The molecule has 6 heteroatoms. The monoisotopic (exact) mass is 425 g/mol. The summed E-state index contributed by atoms with van der Waals surface area (Å²) in [5, 5.41) is 21.5. The molecule has 1 aliphatic carbocycles. The first-order valence-corrected chi connectivity index (χ1v) is 10.5. The third-order valence-electron chi connectivity index (χ3n) is 6.60. The quantitative estimate of drug-likeness (QED) is 0.576. The van der Waals surface area contributed by atoms with Gasteiger partial charge in [0.25, 0.3) is 5.91 Å². The number of carbonyl (C=O) groups excluding carboxylic acids is 1. The lowest BCUT2D eigenvalue weighted by molar-refractivity contribution is -0.145. The number of aromatic hydroxyl groups is 1. The van der Waals surface area contributed by atoms with Crippen LogP contribution in [0.25, 0.3) is 10.9 Å². The average molecular weight is 426 g/mol. The molecule has 1 fully saturated rings. The lowest BCUT2D eigenvalue weighted by Gasteiger charge is -2.32. The number of carboxylic acid groups (broad SMARTS) is 1. The number of nitrogens with zero attached hydrogens (tertiary/aromatic N) is 1. The predicted molar refractivity (Wildman–Crippen MR) is 116 cm³/mol. The lowest BCUT2D eigenvalue weighted by Crippen LogP contribution is -2.40. The van der Waals surface area contributed by atoms with Crippen LogP contribution in [0, 0.1) is 12.8 Å². The Labute approximate surface area is 179 Å². The molecular formula is C24H24ClNO4. The summed E-state index contributed by atoms with van der Waals surface area (Å²) in [5.74, 6) is -1.18. The smallest absolute Gasteiger partial charge is 0.314 e. The number of halogens is 1. The van der Waals surface area contributed by atoms with Crippen LogP contribution in [-0.2, 0) is 10.2 Å². The fourth-order valence-electron chi connectivity index (χ4n) is 5.06. The van der Waals surface area contributed by atoms with Crippen molar-refractivity contribution in [3.63, 3.8) is 0 Å². The van der Waals surface area contributed by atoms with Crippen LogP contribution < -0.4 is 0 Å². The maximum absolute atomic E-state index is 13.4. The van der Waals surface area contributed by atoms with Crippen molar-refractivity contribution in [3.8, 4) is 5.75 Å². The van der Waals surface area contributed by atoms with Crippen LogP contribution >= 0.6 is 11.6 Å². The van der Waals surface area contributed by atoms with Crippen LogP contribution in [0.4, 0.5) is 0 Å². The number of aromatic nitrogens is 1. The number of aliphatic carboxylic acids is 1. The molecule has 0 saturated heterocycles. The van der Waals surface area contributed by atoms with Gasteiger partial charge in [-0.3, -0.25) is 14.2 Å². The number of hydrogen-bond donors (Lipinski definition) is 2. The zero-order chi connectivity index (χ0) is 21.6. The van der Waals surface area contributed by atoms with Crippen LogP contribution in [0.15, 0.2) is 42.5 Å². The zero-order valence-corrected chi connectivity index (χ0v) is 17.7.